The zero-order valence-electron chi connectivity index (χ0n) is 16.6. The predicted octanol–water partition coefficient (Wildman–Crippen LogP) is 4.29. The van der Waals surface area contributed by atoms with Gasteiger partial charge < -0.3 is 15.8 Å². The highest BCUT2D eigenvalue weighted by atomic mass is 19.1. The van der Waals surface area contributed by atoms with E-state index in [2.05, 4.69) is 10.3 Å². The molecule has 1 aliphatic heterocycles. The first-order valence-electron chi connectivity index (χ1n) is 10.1. The minimum absolute atomic E-state index is 0.00166. The third kappa shape index (κ3) is 4.49. The minimum Gasteiger partial charge on any atom is -0.383 e. The second kappa shape index (κ2) is 9.05. The van der Waals surface area contributed by atoms with Crippen molar-refractivity contribution in [2.45, 2.75) is 25.3 Å². The first kappa shape index (κ1) is 20.0. The normalized spacial score (nSPS) is 14.4. The molecule has 2 aromatic carbocycles. The number of nitrogens with zero attached hydrogens (tertiary/aromatic N) is 1. The number of rotatable bonds is 5. The van der Waals surface area contributed by atoms with E-state index in [1.54, 1.807) is 12.3 Å². The summed E-state index contributed by atoms with van der Waals surface area (Å²) in [6.07, 6.45) is 3.65. The largest absolute Gasteiger partial charge is 0.383 e. The van der Waals surface area contributed by atoms with E-state index < -0.39 is 11.7 Å². The number of hydrogen-bond donors (Lipinski definition) is 2. The van der Waals surface area contributed by atoms with Gasteiger partial charge in [0.05, 0.1) is 5.56 Å². The van der Waals surface area contributed by atoms with Gasteiger partial charge >= 0.3 is 0 Å². The lowest BCUT2D eigenvalue weighted by molar-refractivity contribution is 0.0853. The minimum atomic E-state index is -0.589. The molecule has 0 spiro atoms. The van der Waals surface area contributed by atoms with E-state index >= 15 is 0 Å². The van der Waals surface area contributed by atoms with Crippen LogP contribution in [0.1, 0.15) is 40.2 Å². The third-order valence-electron chi connectivity index (χ3n) is 5.45. The Bertz CT molecular complexity index is 1030. The molecule has 0 atom stereocenters. The summed E-state index contributed by atoms with van der Waals surface area (Å²) in [7, 11) is 0. The average Bonchev–Trinajstić information content (AvgIpc) is 2.79. The Balaban J connectivity index is 1.53. The van der Waals surface area contributed by atoms with Crippen LogP contribution in [-0.4, -0.2) is 24.1 Å². The lowest BCUT2D eigenvalue weighted by Gasteiger charge is -2.22. The molecular formula is C24H24FN3O2. The Hall–Kier alpha value is -3.25. The number of aromatic nitrogens is 1. The van der Waals surface area contributed by atoms with Gasteiger partial charge in [-0.25, -0.2) is 9.37 Å². The van der Waals surface area contributed by atoms with Gasteiger partial charge in [0.1, 0.15) is 11.6 Å². The Morgan fingerprint density at radius 2 is 1.90 bits per heavy atom. The quantitative estimate of drug-likeness (QED) is 0.664. The van der Waals surface area contributed by atoms with Crippen LogP contribution in [0.3, 0.4) is 0 Å². The zero-order chi connectivity index (χ0) is 20.9. The molecule has 5 nitrogen and oxygen atoms in total. The van der Waals surface area contributed by atoms with Gasteiger partial charge in [-0.15, -0.1) is 0 Å². The van der Waals surface area contributed by atoms with Gasteiger partial charge in [0, 0.05) is 31.5 Å². The topological polar surface area (TPSA) is 77.2 Å². The molecule has 6 heteroatoms. The summed E-state index contributed by atoms with van der Waals surface area (Å²) in [4.78, 5) is 16.7. The van der Waals surface area contributed by atoms with Crippen LogP contribution >= 0.6 is 0 Å². The fourth-order valence-corrected chi connectivity index (χ4v) is 3.72. The number of pyridine rings is 1. The Labute approximate surface area is 175 Å². The molecule has 3 aromatic rings. The molecule has 1 aromatic heterocycles. The molecule has 0 aliphatic carbocycles. The summed E-state index contributed by atoms with van der Waals surface area (Å²) < 4.78 is 20.2. The maximum atomic E-state index is 14.8. The fraction of sp³-hybridized carbons (Fsp3) is 0.250. The van der Waals surface area contributed by atoms with Gasteiger partial charge in [-0.05, 0) is 53.6 Å². The molecule has 3 N–H and O–H groups in total. The molecule has 154 valence electrons. The summed E-state index contributed by atoms with van der Waals surface area (Å²) in [5, 5.41) is 2.75. The first-order chi connectivity index (χ1) is 14.6. The number of carbonyl (C=O) groups is 1. The van der Waals surface area contributed by atoms with Crippen molar-refractivity contribution in [2.75, 3.05) is 18.9 Å². The van der Waals surface area contributed by atoms with Crippen molar-refractivity contribution >= 4 is 11.7 Å². The lowest BCUT2D eigenvalue weighted by atomic mass is 9.91. The maximum absolute atomic E-state index is 14.8. The second-order valence-electron chi connectivity index (χ2n) is 7.45. The lowest BCUT2D eigenvalue weighted by Crippen LogP contribution is -2.23. The molecule has 1 aliphatic rings. The molecule has 2 heterocycles. The highest BCUT2D eigenvalue weighted by Gasteiger charge is 2.19. The Kier molecular flexibility index (Phi) is 6.05. The number of amides is 1. The van der Waals surface area contributed by atoms with Crippen molar-refractivity contribution in [3.05, 3.63) is 83.3 Å². The number of nitrogens with two attached hydrogens (primary N) is 1. The van der Waals surface area contributed by atoms with Crippen LogP contribution in [-0.2, 0) is 11.3 Å². The van der Waals surface area contributed by atoms with Crippen LogP contribution in [0.5, 0.6) is 0 Å². The summed E-state index contributed by atoms with van der Waals surface area (Å²) in [6, 6.07) is 16.0. The van der Waals surface area contributed by atoms with Crippen molar-refractivity contribution in [3.63, 3.8) is 0 Å². The second-order valence-corrected chi connectivity index (χ2v) is 7.45. The van der Waals surface area contributed by atoms with E-state index in [4.69, 9.17) is 10.5 Å². The van der Waals surface area contributed by atoms with Crippen molar-refractivity contribution in [1.29, 1.82) is 0 Å². The van der Waals surface area contributed by atoms with Crippen LogP contribution < -0.4 is 11.1 Å². The van der Waals surface area contributed by atoms with Gasteiger partial charge in [0.25, 0.3) is 5.91 Å². The van der Waals surface area contributed by atoms with Crippen LogP contribution in [0.4, 0.5) is 10.2 Å². The molecular weight excluding hydrogens is 381 g/mol. The Morgan fingerprint density at radius 3 is 2.63 bits per heavy atom. The first-order valence-corrected chi connectivity index (χ1v) is 10.1. The molecule has 1 amide bonds. The van der Waals surface area contributed by atoms with Gasteiger partial charge in [-0.2, -0.15) is 0 Å². The zero-order valence-corrected chi connectivity index (χ0v) is 16.6. The molecule has 4 rings (SSSR count). The van der Waals surface area contributed by atoms with Crippen molar-refractivity contribution in [3.8, 4) is 11.1 Å². The van der Waals surface area contributed by atoms with E-state index in [-0.39, 0.29) is 5.56 Å². The van der Waals surface area contributed by atoms with Crippen molar-refractivity contribution in [2.24, 2.45) is 0 Å². The number of benzene rings is 2. The van der Waals surface area contributed by atoms with Gasteiger partial charge in [0.2, 0.25) is 0 Å². The van der Waals surface area contributed by atoms with Crippen molar-refractivity contribution in [1.82, 2.24) is 10.3 Å². The van der Waals surface area contributed by atoms with Crippen LogP contribution in [0.25, 0.3) is 11.1 Å². The SMILES string of the molecule is Nc1ncc(C2CCOCC2)cc1-c1ccc(C(=O)NCc2ccccc2)c(F)c1. The van der Waals surface area contributed by atoms with Crippen LogP contribution in [0, 0.1) is 5.82 Å². The monoisotopic (exact) mass is 405 g/mol. The average molecular weight is 405 g/mol. The van der Waals surface area contributed by atoms with Crippen LogP contribution in [0.15, 0.2) is 60.8 Å². The van der Waals surface area contributed by atoms with Gasteiger partial charge in [-0.1, -0.05) is 36.4 Å². The van der Waals surface area contributed by atoms with E-state index in [9.17, 15) is 9.18 Å². The van der Waals surface area contributed by atoms with E-state index in [1.807, 2.05) is 36.4 Å². The maximum Gasteiger partial charge on any atom is 0.254 e. The van der Waals surface area contributed by atoms with Gasteiger partial charge in [-0.3, -0.25) is 4.79 Å². The number of hydrogen-bond acceptors (Lipinski definition) is 4. The fourth-order valence-electron chi connectivity index (χ4n) is 3.72. The summed E-state index contributed by atoms with van der Waals surface area (Å²) in [5.41, 5.74) is 9.38. The number of halogens is 1. The number of nitrogen functional groups attached to an aromatic ring is 1. The molecule has 0 saturated carbocycles. The Morgan fingerprint density at radius 1 is 1.13 bits per heavy atom. The molecule has 1 saturated heterocycles. The number of nitrogens with one attached hydrogen (secondary N) is 1. The van der Waals surface area contributed by atoms with Crippen molar-refractivity contribution < 1.29 is 13.9 Å². The molecule has 30 heavy (non-hydrogen) atoms. The smallest absolute Gasteiger partial charge is 0.254 e. The van der Waals surface area contributed by atoms with E-state index in [0.29, 0.717) is 29.4 Å². The highest BCUT2D eigenvalue weighted by molar-refractivity contribution is 5.95. The number of anilines is 1. The highest BCUT2D eigenvalue weighted by Crippen LogP contribution is 2.32. The predicted molar refractivity (Wildman–Crippen MR) is 114 cm³/mol. The molecule has 0 unspecified atom stereocenters. The summed E-state index contributed by atoms with van der Waals surface area (Å²) in [6.45, 7) is 1.79. The third-order valence-corrected chi connectivity index (χ3v) is 5.45. The number of carbonyl (C=O) groups excluding carboxylic acids is 1. The van der Waals surface area contributed by atoms with E-state index in [1.165, 1.54) is 12.1 Å². The van der Waals surface area contributed by atoms with Crippen LogP contribution in [0.2, 0.25) is 0 Å². The molecule has 0 radical (unpaired) electrons. The molecule has 0 bridgehead atoms. The standard InChI is InChI=1S/C24H24FN3O2/c25-22-13-18(6-7-20(22)24(29)28-14-16-4-2-1-3-5-16)21-12-19(15-27-23(21)26)17-8-10-30-11-9-17/h1-7,12-13,15,17H,8-11,14H2,(H2,26,27)(H,28,29). The molecule has 1 fully saturated rings. The van der Waals surface area contributed by atoms with E-state index in [0.717, 1.165) is 37.2 Å². The summed E-state index contributed by atoms with van der Waals surface area (Å²) in [5.74, 6) is -0.344. The summed E-state index contributed by atoms with van der Waals surface area (Å²) >= 11 is 0. The number of ether oxygens (including phenoxy) is 1. The van der Waals surface area contributed by atoms with Gasteiger partial charge in [0.15, 0.2) is 0 Å².